The summed E-state index contributed by atoms with van der Waals surface area (Å²) in [5.74, 6) is 1.93. The van der Waals surface area contributed by atoms with Crippen molar-refractivity contribution in [3.8, 4) is 0 Å². The topological polar surface area (TPSA) is 57.9 Å². The molecule has 0 radical (unpaired) electrons. The molecule has 0 saturated heterocycles. The van der Waals surface area contributed by atoms with Crippen molar-refractivity contribution in [1.29, 1.82) is 0 Å². The summed E-state index contributed by atoms with van der Waals surface area (Å²) in [5.41, 5.74) is 7.73. The second kappa shape index (κ2) is 5.97. The van der Waals surface area contributed by atoms with Crippen LogP contribution in [0.4, 0.5) is 0 Å². The summed E-state index contributed by atoms with van der Waals surface area (Å²) in [4.78, 5) is 9.16. The van der Waals surface area contributed by atoms with Gasteiger partial charge in [-0.1, -0.05) is 0 Å². The molecule has 1 aromatic rings. The van der Waals surface area contributed by atoms with Crippen molar-refractivity contribution in [1.82, 2.24) is 14.9 Å². The van der Waals surface area contributed by atoms with E-state index in [-0.39, 0.29) is 0 Å². The van der Waals surface area contributed by atoms with Crippen molar-refractivity contribution in [2.45, 2.75) is 12.7 Å². The Balaban J connectivity index is 2.17. The first-order chi connectivity index (χ1) is 7.11. The molecular formula is C9H16N4S2. The van der Waals surface area contributed by atoms with E-state index in [0.717, 1.165) is 29.4 Å². The van der Waals surface area contributed by atoms with Crippen LogP contribution in [0.1, 0.15) is 11.4 Å². The van der Waals surface area contributed by atoms with Crippen LogP contribution in [0, 0.1) is 6.92 Å². The molecular weight excluding hydrogens is 228 g/mol. The summed E-state index contributed by atoms with van der Waals surface area (Å²) in [7, 11) is 1.91. The number of rotatable bonds is 5. The fraction of sp³-hybridized carbons (Fsp3) is 0.556. The lowest BCUT2D eigenvalue weighted by atomic mass is 10.4. The number of nitrogens with one attached hydrogen (secondary N) is 1. The van der Waals surface area contributed by atoms with E-state index in [1.807, 2.05) is 30.6 Å². The highest BCUT2D eigenvalue weighted by Crippen LogP contribution is 2.12. The van der Waals surface area contributed by atoms with E-state index in [9.17, 15) is 0 Å². The third-order valence-corrected chi connectivity index (χ3v) is 3.38. The van der Waals surface area contributed by atoms with Gasteiger partial charge in [0.15, 0.2) is 5.11 Å². The number of hydrogen-bond acceptors (Lipinski definition) is 3. The Morgan fingerprint density at radius 1 is 1.73 bits per heavy atom. The van der Waals surface area contributed by atoms with Crippen LogP contribution in [0.15, 0.2) is 6.33 Å². The molecule has 0 spiro atoms. The van der Waals surface area contributed by atoms with Gasteiger partial charge in [0, 0.05) is 30.8 Å². The van der Waals surface area contributed by atoms with E-state index in [4.69, 9.17) is 18.0 Å². The molecule has 0 bridgehead atoms. The number of aromatic amines is 1. The minimum atomic E-state index is 0.451. The van der Waals surface area contributed by atoms with E-state index < -0.39 is 0 Å². The molecule has 0 aliphatic rings. The molecule has 0 saturated carbocycles. The number of thiocarbonyl (C=S) groups is 1. The number of hydrogen-bond donors (Lipinski definition) is 2. The van der Waals surface area contributed by atoms with E-state index >= 15 is 0 Å². The molecule has 1 heterocycles. The summed E-state index contributed by atoms with van der Waals surface area (Å²) >= 11 is 6.68. The molecule has 0 aliphatic heterocycles. The van der Waals surface area contributed by atoms with Gasteiger partial charge >= 0.3 is 0 Å². The molecule has 0 aliphatic carbocycles. The predicted molar refractivity (Wildman–Crippen MR) is 68.9 cm³/mol. The van der Waals surface area contributed by atoms with Crippen LogP contribution in [-0.2, 0) is 5.75 Å². The Bertz CT molecular complexity index is 324. The molecule has 84 valence electrons. The van der Waals surface area contributed by atoms with Crippen LogP contribution in [-0.4, -0.2) is 39.3 Å². The average Bonchev–Trinajstić information content (AvgIpc) is 2.58. The zero-order valence-corrected chi connectivity index (χ0v) is 10.6. The lowest BCUT2D eigenvalue weighted by Gasteiger charge is -2.15. The third-order valence-electron chi connectivity index (χ3n) is 2.12. The lowest BCUT2D eigenvalue weighted by molar-refractivity contribution is 0.544. The maximum absolute atomic E-state index is 5.47. The maximum atomic E-state index is 5.47. The maximum Gasteiger partial charge on any atom is 0.166 e. The molecule has 1 rings (SSSR count). The first-order valence-corrected chi connectivity index (χ1v) is 6.24. The fourth-order valence-corrected chi connectivity index (χ4v) is 2.14. The Labute approximate surface area is 99.6 Å². The Kier molecular flexibility index (Phi) is 4.90. The summed E-state index contributed by atoms with van der Waals surface area (Å²) in [5, 5.41) is 0.451. The Morgan fingerprint density at radius 2 is 2.47 bits per heavy atom. The zero-order valence-electron chi connectivity index (χ0n) is 8.99. The molecule has 1 aromatic heterocycles. The van der Waals surface area contributed by atoms with Gasteiger partial charge in [0.25, 0.3) is 0 Å². The first-order valence-electron chi connectivity index (χ1n) is 4.68. The second-order valence-corrected chi connectivity index (χ2v) is 4.81. The van der Waals surface area contributed by atoms with Crippen LogP contribution in [0.2, 0.25) is 0 Å². The van der Waals surface area contributed by atoms with Crippen molar-refractivity contribution in [2.75, 3.05) is 19.3 Å². The second-order valence-electron chi connectivity index (χ2n) is 3.29. The van der Waals surface area contributed by atoms with Gasteiger partial charge in [-0.2, -0.15) is 11.8 Å². The van der Waals surface area contributed by atoms with Gasteiger partial charge in [0.1, 0.15) is 0 Å². The summed E-state index contributed by atoms with van der Waals surface area (Å²) in [6.45, 7) is 2.91. The van der Waals surface area contributed by atoms with Crippen LogP contribution in [0.25, 0.3) is 0 Å². The summed E-state index contributed by atoms with van der Waals surface area (Å²) < 4.78 is 0. The molecule has 15 heavy (non-hydrogen) atoms. The predicted octanol–water partition coefficient (Wildman–Crippen LogP) is 1.13. The van der Waals surface area contributed by atoms with Crippen molar-refractivity contribution in [2.24, 2.45) is 5.73 Å². The van der Waals surface area contributed by atoms with Gasteiger partial charge in [-0.25, -0.2) is 4.98 Å². The number of aromatic nitrogens is 2. The quantitative estimate of drug-likeness (QED) is 0.600. The van der Waals surface area contributed by atoms with Crippen LogP contribution < -0.4 is 5.73 Å². The van der Waals surface area contributed by atoms with Gasteiger partial charge in [0.05, 0.1) is 12.0 Å². The highest BCUT2D eigenvalue weighted by atomic mass is 32.2. The SMILES string of the molecule is Cc1[nH]cnc1CSCCN(C)C(N)=S. The van der Waals surface area contributed by atoms with Crippen LogP contribution in [0.3, 0.4) is 0 Å². The number of nitrogens with zero attached hydrogens (tertiary/aromatic N) is 2. The minimum Gasteiger partial charge on any atom is -0.376 e. The number of nitrogens with two attached hydrogens (primary N) is 1. The van der Waals surface area contributed by atoms with E-state index in [1.165, 1.54) is 0 Å². The third kappa shape index (κ3) is 4.09. The smallest absolute Gasteiger partial charge is 0.166 e. The van der Waals surface area contributed by atoms with Crippen molar-refractivity contribution in [3.05, 3.63) is 17.7 Å². The fourth-order valence-electron chi connectivity index (χ4n) is 1.01. The number of H-pyrrole nitrogens is 1. The van der Waals surface area contributed by atoms with E-state index in [0.29, 0.717) is 5.11 Å². The minimum absolute atomic E-state index is 0.451. The van der Waals surface area contributed by atoms with Crippen molar-refractivity contribution < 1.29 is 0 Å². The highest BCUT2D eigenvalue weighted by molar-refractivity contribution is 7.98. The number of thioether (sulfide) groups is 1. The van der Waals surface area contributed by atoms with Crippen molar-refractivity contribution in [3.63, 3.8) is 0 Å². The zero-order chi connectivity index (χ0) is 11.3. The lowest BCUT2D eigenvalue weighted by Crippen LogP contribution is -2.33. The van der Waals surface area contributed by atoms with Crippen molar-refractivity contribution >= 4 is 29.1 Å². The molecule has 0 aromatic carbocycles. The molecule has 0 atom stereocenters. The van der Waals surface area contributed by atoms with Crippen LogP contribution >= 0.6 is 24.0 Å². The van der Waals surface area contributed by atoms with Crippen LogP contribution in [0.5, 0.6) is 0 Å². The molecule has 4 nitrogen and oxygen atoms in total. The monoisotopic (exact) mass is 244 g/mol. The molecule has 0 unspecified atom stereocenters. The normalized spacial score (nSPS) is 10.3. The molecule has 0 fully saturated rings. The number of imidazole rings is 1. The number of aryl methyl sites for hydroxylation is 1. The Hall–Kier alpha value is -0.750. The highest BCUT2D eigenvalue weighted by Gasteiger charge is 2.02. The molecule has 0 amide bonds. The first kappa shape index (κ1) is 12.3. The Morgan fingerprint density at radius 3 is 3.00 bits per heavy atom. The standard InChI is InChI=1S/C9H16N4S2/c1-7-8(12-6-11-7)5-15-4-3-13(2)9(10)14/h6H,3-5H2,1-2H3,(H2,10,14)(H,11,12). The molecule has 3 N–H and O–H groups in total. The van der Waals surface area contributed by atoms with Gasteiger partial charge in [-0.05, 0) is 19.1 Å². The van der Waals surface area contributed by atoms with Gasteiger partial charge in [-0.15, -0.1) is 0 Å². The van der Waals surface area contributed by atoms with Gasteiger partial charge in [0.2, 0.25) is 0 Å². The van der Waals surface area contributed by atoms with E-state index in [2.05, 4.69) is 9.97 Å². The van der Waals surface area contributed by atoms with E-state index in [1.54, 1.807) is 6.33 Å². The van der Waals surface area contributed by atoms with Gasteiger partial charge < -0.3 is 15.6 Å². The average molecular weight is 244 g/mol. The summed E-state index contributed by atoms with van der Waals surface area (Å²) in [6, 6.07) is 0. The summed E-state index contributed by atoms with van der Waals surface area (Å²) in [6.07, 6.45) is 1.73. The largest absolute Gasteiger partial charge is 0.376 e. The molecule has 6 heteroatoms. The van der Waals surface area contributed by atoms with Gasteiger partial charge in [-0.3, -0.25) is 0 Å².